The van der Waals surface area contributed by atoms with Crippen molar-refractivity contribution < 1.29 is 35.9 Å². The molecule has 0 aliphatic carbocycles. The van der Waals surface area contributed by atoms with Crippen molar-refractivity contribution in [3.63, 3.8) is 0 Å². The largest absolute Gasteiger partial charge is 0.484 e. The van der Waals surface area contributed by atoms with Gasteiger partial charge in [0.05, 0.1) is 0 Å². The Bertz CT molecular complexity index is 736. The predicted molar refractivity (Wildman–Crippen MR) is 66.8 cm³/mol. The van der Waals surface area contributed by atoms with Crippen molar-refractivity contribution in [2.24, 2.45) is 0 Å². The number of anilines is 1. The highest BCUT2D eigenvalue weighted by Gasteiger charge is 2.26. The fourth-order valence-corrected chi connectivity index (χ4v) is 1.60. The summed E-state index contributed by atoms with van der Waals surface area (Å²) in [5.41, 5.74) is -1.49. The lowest BCUT2D eigenvalue weighted by molar-refractivity contribution is -0.118. The second kappa shape index (κ2) is 6.59. The Kier molecular flexibility index (Phi) is 4.77. The van der Waals surface area contributed by atoms with Crippen LogP contribution >= 0.6 is 0 Å². The molecule has 0 bridgehead atoms. The molecule has 0 atom stereocenters. The number of carbonyl (C=O) groups excluding carboxylic acids is 1. The monoisotopic (exact) mass is 335 g/mol. The van der Waals surface area contributed by atoms with Crippen molar-refractivity contribution in [2.75, 3.05) is 11.9 Å². The normalized spacial score (nSPS) is 10.5. The molecule has 122 valence electrons. The molecule has 0 saturated carbocycles. The van der Waals surface area contributed by atoms with Gasteiger partial charge in [0.1, 0.15) is 17.3 Å². The lowest BCUT2D eigenvalue weighted by Crippen LogP contribution is -2.22. The Balaban J connectivity index is 2.12. The molecule has 2 rings (SSSR count). The van der Waals surface area contributed by atoms with Gasteiger partial charge in [0.2, 0.25) is 5.82 Å². The first kappa shape index (κ1) is 16.7. The minimum absolute atomic E-state index is 0.0578. The van der Waals surface area contributed by atoms with Gasteiger partial charge in [0, 0.05) is 6.07 Å². The number of hydrogen-bond donors (Lipinski definition) is 1. The van der Waals surface area contributed by atoms with Crippen molar-refractivity contribution in [2.45, 2.75) is 0 Å². The van der Waals surface area contributed by atoms with Gasteiger partial charge in [-0.25, -0.2) is 26.3 Å². The van der Waals surface area contributed by atoms with E-state index in [1.165, 1.54) is 17.4 Å². The summed E-state index contributed by atoms with van der Waals surface area (Å²) in [6.45, 7) is -0.830. The summed E-state index contributed by atoms with van der Waals surface area (Å²) in [5.74, 6) is -13.0. The summed E-state index contributed by atoms with van der Waals surface area (Å²) in [5, 5.41) is 1.52. The molecule has 1 amide bonds. The highest BCUT2D eigenvalue weighted by molar-refractivity contribution is 5.92. The smallest absolute Gasteiger partial charge is 0.262 e. The van der Waals surface area contributed by atoms with E-state index in [-0.39, 0.29) is 5.75 Å². The lowest BCUT2D eigenvalue weighted by atomic mass is 10.2. The summed E-state index contributed by atoms with van der Waals surface area (Å²) in [6.07, 6.45) is 0. The van der Waals surface area contributed by atoms with Gasteiger partial charge in [-0.05, 0) is 12.1 Å². The summed E-state index contributed by atoms with van der Waals surface area (Å²) < 4.78 is 83.2. The van der Waals surface area contributed by atoms with Crippen LogP contribution in [0, 0.1) is 34.9 Å². The Morgan fingerprint density at radius 2 is 1.48 bits per heavy atom. The fourth-order valence-electron chi connectivity index (χ4n) is 1.60. The first-order valence-electron chi connectivity index (χ1n) is 6.01. The molecule has 2 aromatic rings. The topological polar surface area (TPSA) is 38.3 Å². The third-order valence-electron chi connectivity index (χ3n) is 2.64. The van der Waals surface area contributed by atoms with Gasteiger partial charge in [-0.15, -0.1) is 0 Å². The van der Waals surface area contributed by atoms with Gasteiger partial charge >= 0.3 is 0 Å². The van der Waals surface area contributed by atoms with Crippen molar-refractivity contribution in [3.05, 3.63) is 59.2 Å². The number of rotatable bonds is 4. The Hall–Kier alpha value is -2.71. The number of benzene rings is 2. The highest BCUT2D eigenvalue weighted by atomic mass is 19.2. The minimum Gasteiger partial charge on any atom is -0.484 e. The molecule has 0 radical (unpaired) electrons. The maximum absolute atomic E-state index is 13.4. The van der Waals surface area contributed by atoms with Crippen molar-refractivity contribution in [1.82, 2.24) is 0 Å². The van der Waals surface area contributed by atoms with E-state index in [1.807, 2.05) is 0 Å². The minimum atomic E-state index is -2.34. The van der Waals surface area contributed by atoms with Crippen LogP contribution in [0.15, 0.2) is 24.3 Å². The van der Waals surface area contributed by atoms with E-state index >= 15 is 0 Å². The third kappa shape index (κ3) is 3.55. The van der Waals surface area contributed by atoms with E-state index in [1.54, 1.807) is 0 Å². The molecule has 0 saturated heterocycles. The van der Waals surface area contributed by atoms with Crippen molar-refractivity contribution >= 4 is 11.6 Å². The van der Waals surface area contributed by atoms with Crippen LogP contribution in [0.1, 0.15) is 0 Å². The van der Waals surface area contributed by atoms with Crippen LogP contribution in [-0.4, -0.2) is 12.5 Å². The standard InChI is InChI=1S/C14H7F6NO2/c15-6-2-1-3-7(4-6)23-5-8(22)21-14-12(19)10(17)9(16)11(18)13(14)20/h1-4H,5H2,(H,21,22). The molecule has 0 fully saturated rings. The predicted octanol–water partition coefficient (Wildman–Crippen LogP) is 3.54. The number of carbonyl (C=O) groups is 1. The third-order valence-corrected chi connectivity index (χ3v) is 2.64. The molecule has 0 unspecified atom stereocenters. The number of hydrogen-bond acceptors (Lipinski definition) is 2. The molecule has 0 aliphatic rings. The molecule has 23 heavy (non-hydrogen) atoms. The number of halogens is 6. The summed E-state index contributed by atoms with van der Waals surface area (Å²) in [6, 6.07) is 4.63. The Morgan fingerprint density at radius 3 is 2.04 bits per heavy atom. The van der Waals surface area contributed by atoms with Gasteiger partial charge in [0.25, 0.3) is 5.91 Å². The van der Waals surface area contributed by atoms with E-state index in [4.69, 9.17) is 4.74 Å². The van der Waals surface area contributed by atoms with E-state index in [2.05, 4.69) is 0 Å². The quantitative estimate of drug-likeness (QED) is 0.527. The second-order valence-electron chi connectivity index (χ2n) is 4.24. The SMILES string of the molecule is O=C(COc1cccc(F)c1)Nc1c(F)c(F)c(F)c(F)c1F. The van der Waals surface area contributed by atoms with Gasteiger partial charge < -0.3 is 10.1 Å². The maximum Gasteiger partial charge on any atom is 0.262 e. The van der Waals surface area contributed by atoms with Crippen molar-refractivity contribution in [1.29, 1.82) is 0 Å². The van der Waals surface area contributed by atoms with Crippen LogP contribution in [0.3, 0.4) is 0 Å². The van der Waals surface area contributed by atoms with Gasteiger partial charge in [0.15, 0.2) is 29.9 Å². The fraction of sp³-hybridized carbons (Fsp3) is 0.0714. The summed E-state index contributed by atoms with van der Waals surface area (Å²) in [4.78, 5) is 11.5. The number of ether oxygens (including phenoxy) is 1. The molecular weight excluding hydrogens is 328 g/mol. The molecule has 0 aromatic heterocycles. The average Bonchev–Trinajstić information content (AvgIpc) is 2.53. The molecular formula is C14H7F6NO2. The molecule has 1 N–H and O–H groups in total. The van der Waals surface area contributed by atoms with Crippen LogP contribution in [-0.2, 0) is 4.79 Å². The highest BCUT2D eigenvalue weighted by Crippen LogP contribution is 2.27. The van der Waals surface area contributed by atoms with E-state index in [0.29, 0.717) is 0 Å². The molecule has 0 aliphatic heterocycles. The van der Waals surface area contributed by atoms with Crippen molar-refractivity contribution in [3.8, 4) is 5.75 Å². The molecule has 2 aromatic carbocycles. The molecule has 9 heteroatoms. The van der Waals surface area contributed by atoms with Crippen LogP contribution in [0.5, 0.6) is 5.75 Å². The lowest BCUT2D eigenvalue weighted by Gasteiger charge is -2.10. The first-order valence-corrected chi connectivity index (χ1v) is 6.01. The summed E-state index contributed by atoms with van der Waals surface area (Å²) in [7, 11) is 0. The average molecular weight is 335 g/mol. The maximum atomic E-state index is 13.4. The van der Waals surface area contributed by atoms with Gasteiger partial charge in [-0.2, -0.15) is 0 Å². The number of nitrogens with one attached hydrogen (secondary N) is 1. The molecule has 0 heterocycles. The Morgan fingerprint density at radius 1 is 0.913 bits per heavy atom. The zero-order valence-electron chi connectivity index (χ0n) is 11.1. The van der Waals surface area contributed by atoms with Crippen LogP contribution < -0.4 is 10.1 Å². The zero-order valence-corrected chi connectivity index (χ0v) is 11.1. The van der Waals surface area contributed by atoms with Crippen LogP contribution in [0.4, 0.5) is 32.0 Å². The van der Waals surface area contributed by atoms with Gasteiger partial charge in [-0.3, -0.25) is 4.79 Å². The first-order chi connectivity index (χ1) is 10.8. The Labute approximate surface area is 125 Å². The number of amides is 1. The zero-order chi connectivity index (χ0) is 17.1. The van der Waals surface area contributed by atoms with Crippen LogP contribution in [0.25, 0.3) is 0 Å². The molecule has 0 spiro atoms. The van der Waals surface area contributed by atoms with Gasteiger partial charge in [-0.1, -0.05) is 6.07 Å². The summed E-state index contributed by atoms with van der Waals surface area (Å²) >= 11 is 0. The van der Waals surface area contributed by atoms with E-state index in [9.17, 15) is 31.1 Å². The van der Waals surface area contributed by atoms with E-state index < -0.39 is 53.1 Å². The molecule has 3 nitrogen and oxygen atoms in total. The van der Waals surface area contributed by atoms with E-state index in [0.717, 1.165) is 12.1 Å². The van der Waals surface area contributed by atoms with Crippen LogP contribution in [0.2, 0.25) is 0 Å². The second-order valence-corrected chi connectivity index (χ2v) is 4.24.